The Morgan fingerprint density at radius 3 is 2.70 bits per heavy atom. The highest BCUT2D eigenvalue weighted by molar-refractivity contribution is 6.17. The van der Waals surface area contributed by atoms with Gasteiger partial charge in [-0.15, -0.1) is 0 Å². The third kappa shape index (κ3) is 1.96. The van der Waals surface area contributed by atoms with Gasteiger partial charge in [-0.3, -0.25) is 9.69 Å². The number of hydrogen-bond donors (Lipinski definition) is 1. The molecule has 0 radical (unpaired) electrons. The van der Waals surface area contributed by atoms with Gasteiger partial charge in [0.1, 0.15) is 6.61 Å². The van der Waals surface area contributed by atoms with Gasteiger partial charge in [0.25, 0.3) is 5.91 Å². The molecular formula is C20H16N2O5. The Hall–Kier alpha value is -3.48. The molecule has 1 unspecified atom stereocenters. The fourth-order valence-electron chi connectivity index (χ4n) is 4.05. The number of ether oxygens (including phenoxy) is 3. The minimum Gasteiger partial charge on any atom is -0.493 e. The number of nitrogens with zero attached hydrogens (tertiary/aromatic N) is 1. The van der Waals surface area contributed by atoms with Gasteiger partial charge in [-0.25, -0.2) is 4.79 Å². The second kappa shape index (κ2) is 5.51. The second-order valence-electron chi connectivity index (χ2n) is 6.45. The number of rotatable bonds is 2. The minimum absolute atomic E-state index is 0.156. The molecule has 1 N–H and O–H groups in total. The van der Waals surface area contributed by atoms with Crippen molar-refractivity contribution in [1.29, 1.82) is 0 Å². The van der Waals surface area contributed by atoms with Gasteiger partial charge >= 0.3 is 5.97 Å². The lowest BCUT2D eigenvalue weighted by atomic mass is 9.96. The number of hydrogen-bond acceptors (Lipinski definition) is 6. The van der Waals surface area contributed by atoms with Gasteiger partial charge in [-0.1, -0.05) is 18.2 Å². The van der Waals surface area contributed by atoms with E-state index in [1.165, 1.54) is 14.2 Å². The van der Waals surface area contributed by atoms with Crippen molar-refractivity contribution in [3.8, 4) is 11.5 Å². The van der Waals surface area contributed by atoms with E-state index in [-0.39, 0.29) is 12.5 Å². The molecule has 136 valence electrons. The maximum absolute atomic E-state index is 13.5. The monoisotopic (exact) mass is 364 g/mol. The van der Waals surface area contributed by atoms with Crippen LogP contribution in [0.3, 0.4) is 0 Å². The molecule has 1 atom stereocenters. The third-order valence-electron chi connectivity index (χ3n) is 5.18. The molecule has 5 rings (SSSR count). The van der Waals surface area contributed by atoms with Crippen LogP contribution in [0, 0.1) is 0 Å². The van der Waals surface area contributed by atoms with E-state index >= 15 is 0 Å². The van der Waals surface area contributed by atoms with Crippen molar-refractivity contribution < 1.29 is 23.8 Å². The topological polar surface area (TPSA) is 77.1 Å². The van der Waals surface area contributed by atoms with Crippen molar-refractivity contribution in [2.45, 2.75) is 6.04 Å². The van der Waals surface area contributed by atoms with E-state index in [0.717, 1.165) is 5.69 Å². The molecule has 7 heteroatoms. The molecule has 0 saturated carbocycles. The van der Waals surface area contributed by atoms with Crippen LogP contribution < -0.4 is 19.7 Å². The number of nitrogens with one attached hydrogen (secondary N) is 1. The standard InChI is InChI=1S/C20H16N2O5/c1-25-14-8-7-10-15(18(14)26-2)19(23)22-13-6-4-3-5-11(13)21-12-9-27-20(24)16(12)17(10)22/h3-8,17,21H,9H2,1-2H3. The molecule has 27 heavy (non-hydrogen) atoms. The summed E-state index contributed by atoms with van der Waals surface area (Å²) in [6.07, 6.45) is 0. The summed E-state index contributed by atoms with van der Waals surface area (Å²) in [6, 6.07) is 10.5. The summed E-state index contributed by atoms with van der Waals surface area (Å²) in [6.45, 7) is 0.156. The smallest absolute Gasteiger partial charge is 0.338 e. The Morgan fingerprint density at radius 2 is 1.93 bits per heavy atom. The van der Waals surface area contributed by atoms with E-state index in [4.69, 9.17) is 14.2 Å². The van der Waals surface area contributed by atoms with E-state index in [9.17, 15) is 9.59 Å². The predicted octanol–water partition coefficient (Wildman–Crippen LogP) is 2.64. The zero-order chi connectivity index (χ0) is 18.7. The Bertz CT molecular complexity index is 1040. The molecule has 0 saturated heterocycles. The number of benzene rings is 2. The number of carbonyl (C=O) groups is 2. The summed E-state index contributed by atoms with van der Waals surface area (Å²) in [5.41, 5.74) is 3.68. The summed E-state index contributed by atoms with van der Waals surface area (Å²) in [4.78, 5) is 27.6. The van der Waals surface area contributed by atoms with E-state index in [1.54, 1.807) is 11.0 Å². The second-order valence-corrected chi connectivity index (χ2v) is 6.45. The van der Waals surface area contributed by atoms with Gasteiger partial charge in [0, 0.05) is 0 Å². The zero-order valence-electron chi connectivity index (χ0n) is 14.7. The lowest BCUT2D eigenvalue weighted by Gasteiger charge is -2.25. The van der Waals surface area contributed by atoms with Crippen molar-refractivity contribution in [1.82, 2.24) is 0 Å². The van der Waals surface area contributed by atoms with Crippen molar-refractivity contribution in [2.24, 2.45) is 0 Å². The Kier molecular flexibility index (Phi) is 3.21. The number of amides is 1. The molecule has 2 aromatic carbocycles. The molecule has 3 aliphatic rings. The normalized spacial score (nSPS) is 19.5. The summed E-state index contributed by atoms with van der Waals surface area (Å²) in [7, 11) is 3.02. The molecule has 3 aliphatic heterocycles. The number of esters is 1. The summed E-state index contributed by atoms with van der Waals surface area (Å²) < 4.78 is 16.1. The fourth-order valence-corrected chi connectivity index (χ4v) is 4.05. The number of fused-ring (bicyclic) bond motifs is 6. The van der Waals surface area contributed by atoms with Crippen LogP contribution in [0.5, 0.6) is 11.5 Å². The quantitative estimate of drug-likeness (QED) is 0.826. The minimum atomic E-state index is -0.576. The number of methoxy groups -OCH3 is 2. The molecule has 0 bridgehead atoms. The highest BCUT2D eigenvalue weighted by Crippen LogP contribution is 2.52. The molecule has 0 aromatic heterocycles. The maximum atomic E-state index is 13.5. The molecule has 1 amide bonds. The fraction of sp³-hybridized carbons (Fsp3) is 0.200. The van der Waals surface area contributed by atoms with Crippen LogP contribution in [0.15, 0.2) is 47.7 Å². The molecule has 2 aromatic rings. The van der Waals surface area contributed by atoms with Crippen LogP contribution in [0.4, 0.5) is 11.4 Å². The third-order valence-corrected chi connectivity index (χ3v) is 5.18. The average Bonchev–Trinajstić information content (AvgIpc) is 3.13. The molecule has 0 fully saturated rings. The van der Waals surface area contributed by atoms with Crippen LogP contribution in [-0.4, -0.2) is 32.7 Å². The summed E-state index contributed by atoms with van der Waals surface area (Å²) >= 11 is 0. The molecule has 0 aliphatic carbocycles. The first-order chi connectivity index (χ1) is 13.2. The maximum Gasteiger partial charge on any atom is 0.338 e. The van der Waals surface area contributed by atoms with Gasteiger partial charge in [-0.2, -0.15) is 0 Å². The first-order valence-electron chi connectivity index (χ1n) is 8.50. The number of anilines is 2. The van der Waals surface area contributed by atoms with Crippen molar-refractivity contribution in [3.63, 3.8) is 0 Å². The summed E-state index contributed by atoms with van der Waals surface area (Å²) in [5, 5.41) is 3.27. The van der Waals surface area contributed by atoms with E-state index in [0.29, 0.717) is 39.6 Å². The predicted molar refractivity (Wildman–Crippen MR) is 97.1 cm³/mol. The van der Waals surface area contributed by atoms with E-state index < -0.39 is 12.0 Å². The lowest BCUT2D eigenvalue weighted by molar-refractivity contribution is -0.136. The van der Waals surface area contributed by atoms with Crippen molar-refractivity contribution in [2.75, 3.05) is 31.0 Å². The highest BCUT2D eigenvalue weighted by Gasteiger charge is 2.49. The number of carbonyl (C=O) groups excluding carboxylic acids is 2. The molecule has 3 heterocycles. The number of para-hydroxylation sites is 2. The van der Waals surface area contributed by atoms with Gasteiger partial charge in [-0.05, 0) is 23.8 Å². The van der Waals surface area contributed by atoms with E-state index in [2.05, 4.69) is 5.32 Å². The largest absolute Gasteiger partial charge is 0.493 e. The Balaban J connectivity index is 1.83. The van der Waals surface area contributed by atoms with E-state index in [1.807, 2.05) is 30.3 Å². The number of cyclic esters (lactones) is 1. The Morgan fingerprint density at radius 1 is 1.11 bits per heavy atom. The molecular weight excluding hydrogens is 348 g/mol. The average molecular weight is 364 g/mol. The van der Waals surface area contributed by atoms with Gasteiger partial charge in [0.15, 0.2) is 11.5 Å². The highest BCUT2D eigenvalue weighted by atomic mass is 16.5. The SMILES string of the molecule is COc1ccc2c(c1OC)C(=O)N1c3ccccc3NC3=C(C(=O)OC3)C21. The van der Waals surface area contributed by atoms with Crippen molar-refractivity contribution >= 4 is 23.3 Å². The van der Waals surface area contributed by atoms with Gasteiger partial charge < -0.3 is 19.5 Å². The van der Waals surface area contributed by atoms with Crippen molar-refractivity contribution in [3.05, 3.63) is 58.8 Å². The van der Waals surface area contributed by atoms with Gasteiger partial charge in [0.2, 0.25) is 0 Å². The van der Waals surface area contributed by atoms with Crippen LogP contribution in [-0.2, 0) is 9.53 Å². The van der Waals surface area contributed by atoms with Gasteiger partial charge in [0.05, 0.1) is 48.5 Å². The molecule has 7 nitrogen and oxygen atoms in total. The zero-order valence-corrected chi connectivity index (χ0v) is 14.7. The van der Waals surface area contributed by atoms with Crippen LogP contribution in [0.25, 0.3) is 0 Å². The van der Waals surface area contributed by atoms with Crippen LogP contribution in [0.2, 0.25) is 0 Å². The first-order valence-corrected chi connectivity index (χ1v) is 8.50. The molecule has 0 spiro atoms. The van der Waals surface area contributed by atoms with Crippen LogP contribution >= 0.6 is 0 Å². The Labute approximate surface area is 155 Å². The summed E-state index contributed by atoms with van der Waals surface area (Å²) in [5.74, 6) is 0.174. The van der Waals surface area contributed by atoms with Crippen LogP contribution in [0.1, 0.15) is 22.0 Å². The first kappa shape index (κ1) is 15.7. The lowest BCUT2D eigenvalue weighted by Crippen LogP contribution is -2.30.